The molecule has 0 radical (unpaired) electrons. The van der Waals surface area contributed by atoms with E-state index in [-0.39, 0.29) is 24.7 Å². The summed E-state index contributed by atoms with van der Waals surface area (Å²) in [5.74, 6) is -0.669. The molecule has 1 saturated carbocycles. The number of methoxy groups -OCH3 is 1. The number of ketones is 1. The van der Waals surface area contributed by atoms with Gasteiger partial charge in [0, 0.05) is 13.5 Å². The summed E-state index contributed by atoms with van der Waals surface area (Å²) in [6.07, 6.45) is 1.68. The number of ether oxygens (including phenoxy) is 1. The number of hydrogen-bond donors (Lipinski definition) is 1. The Bertz CT molecular complexity index is 208. The predicted octanol–water partition coefficient (Wildman–Crippen LogP) is 0.845. The molecular formula is C9H14O4. The highest BCUT2D eigenvalue weighted by Crippen LogP contribution is 2.34. The van der Waals surface area contributed by atoms with E-state index in [1.54, 1.807) is 0 Å². The first-order chi connectivity index (χ1) is 6.15. The second-order valence-electron chi connectivity index (χ2n) is 3.35. The zero-order chi connectivity index (χ0) is 9.84. The number of Topliss-reactive ketones (excluding diaryl/α,β-unsaturated/α-hetero) is 1. The van der Waals surface area contributed by atoms with Gasteiger partial charge in [0.05, 0.1) is 6.42 Å². The van der Waals surface area contributed by atoms with Crippen LogP contribution in [0.25, 0.3) is 0 Å². The first-order valence-electron chi connectivity index (χ1n) is 4.42. The second kappa shape index (κ2) is 4.37. The van der Waals surface area contributed by atoms with Crippen molar-refractivity contribution in [2.24, 2.45) is 5.92 Å². The molecule has 1 atom stereocenters. The Morgan fingerprint density at radius 3 is 2.46 bits per heavy atom. The minimum Gasteiger partial charge on any atom is -0.481 e. The molecule has 0 aromatic carbocycles. The topological polar surface area (TPSA) is 63.6 Å². The predicted molar refractivity (Wildman–Crippen MR) is 45.4 cm³/mol. The fourth-order valence-corrected chi connectivity index (χ4v) is 1.36. The fourth-order valence-electron chi connectivity index (χ4n) is 1.36. The van der Waals surface area contributed by atoms with E-state index in [4.69, 9.17) is 9.84 Å². The average molecular weight is 186 g/mol. The lowest BCUT2D eigenvalue weighted by Gasteiger charge is -2.11. The van der Waals surface area contributed by atoms with Crippen LogP contribution in [0.5, 0.6) is 0 Å². The minimum absolute atomic E-state index is 0.0765. The summed E-state index contributed by atoms with van der Waals surface area (Å²) in [7, 11) is 1.50. The highest BCUT2D eigenvalue weighted by Gasteiger charge is 2.35. The third-order valence-electron chi connectivity index (χ3n) is 2.21. The molecule has 0 bridgehead atoms. The van der Waals surface area contributed by atoms with Crippen molar-refractivity contribution in [2.75, 3.05) is 7.11 Å². The van der Waals surface area contributed by atoms with E-state index in [1.165, 1.54) is 7.11 Å². The molecule has 1 N–H and O–H groups in total. The van der Waals surface area contributed by atoms with Crippen molar-refractivity contribution in [3.05, 3.63) is 0 Å². The summed E-state index contributed by atoms with van der Waals surface area (Å²) in [5.41, 5.74) is 0. The van der Waals surface area contributed by atoms with Crippen molar-refractivity contribution < 1.29 is 19.4 Å². The molecule has 4 nitrogen and oxygen atoms in total. The summed E-state index contributed by atoms with van der Waals surface area (Å²) in [4.78, 5) is 21.6. The summed E-state index contributed by atoms with van der Waals surface area (Å²) in [6, 6.07) is 0. The van der Waals surface area contributed by atoms with Gasteiger partial charge < -0.3 is 9.84 Å². The number of carbonyl (C=O) groups excluding carboxylic acids is 1. The normalized spacial score (nSPS) is 18.2. The van der Waals surface area contributed by atoms with Gasteiger partial charge in [0.2, 0.25) is 0 Å². The van der Waals surface area contributed by atoms with Crippen LogP contribution in [0.3, 0.4) is 0 Å². The Kier molecular flexibility index (Phi) is 3.42. The fraction of sp³-hybridized carbons (Fsp3) is 0.778. The molecule has 1 fully saturated rings. The van der Waals surface area contributed by atoms with Gasteiger partial charge in [-0.1, -0.05) is 0 Å². The molecule has 4 heteroatoms. The smallest absolute Gasteiger partial charge is 0.303 e. The van der Waals surface area contributed by atoms with Crippen LogP contribution in [-0.4, -0.2) is 30.1 Å². The number of carboxylic acids is 1. The van der Waals surface area contributed by atoms with E-state index in [9.17, 15) is 9.59 Å². The van der Waals surface area contributed by atoms with E-state index in [0.717, 1.165) is 12.8 Å². The Morgan fingerprint density at radius 1 is 1.46 bits per heavy atom. The number of carboxylic acid groups (broad SMARTS) is 1. The Morgan fingerprint density at radius 2 is 2.08 bits per heavy atom. The number of aliphatic carboxylic acids is 1. The number of carbonyl (C=O) groups is 2. The summed E-state index contributed by atoms with van der Waals surface area (Å²) < 4.78 is 5.03. The molecule has 0 saturated heterocycles. The average Bonchev–Trinajstić information content (AvgIpc) is 2.86. The van der Waals surface area contributed by atoms with Crippen molar-refractivity contribution >= 4 is 11.8 Å². The van der Waals surface area contributed by atoms with Gasteiger partial charge in [-0.2, -0.15) is 0 Å². The van der Waals surface area contributed by atoms with Gasteiger partial charge >= 0.3 is 5.97 Å². The maximum atomic E-state index is 11.4. The van der Waals surface area contributed by atoms with Crippen LogP contribution < -0.4 is 0 Å². The van der Waals surface area contributed by atoms with Crippen molar-refractivity contribution in [3.63, 3.8) is 0 Å². The van der Waals surface area contributed by atoms with E-state index in [2.05, 4.69) is 0 Å². The van der Waals surface area contributed by atoms with Crippen molar-refractivity contribution in [1.29, 1.82) is 0 Å². The molecule has 13 heavy (non-hydrogen) atoms. The van der Waals surface area contributed by atoms with Crippen LogP contribution in [0.1, 0.15) is 25.7 Å². The molecule has 1 aliphatic carbocycles. The zero-order valence-electron chi connectivity index (χ0n) is 7.66. The molecule has 0 aliphatic heterocycles. The Balaban J connectivity index is 2.31. The summed E-state index contributed by atoms with van der Waals surface area (Å²) in [5, 5.41) is 8.38. The van der Waals surface area contributed by atoms with Crippen LogP contribution >= 0.6 is 0 Å². The molecule has 1 aliphatic rings. The molecule has 0 spiro atoms. The highest BCUT2D eigenvalue weighted by molar-refractivity contribution is 5.86. The van der Waals surface area contributed by atoms with E-state index >= 15 is 0 Å². The molecule has 0 aromatic heterocycles. The molecule has 1 unspecified atom stereocenters. The van der Waals surface area contributed by atoms with Gasteiger partial charge in [0.25, 0.3) is 0 Å². The van der Waals surface area contributed by atoms with Gasteiger partial charge in [-0.15, -0.1) is 0 Å². The number of hydrogen-bond acceptors (Lipinski definition) is 3. The van der Waals surface area contributed by atoms with Crippen molar-refractivity contribution in [2.45, 2.75) is 31.8 Å². The Hall–Kier alpha value is -0.900. The van der Waals surface area contributed by atoms with Crippen LogP contribution in [0.4, 0.5) is 0 Å². The maximum Gasteiger partial charge on any atom is 0.303 e. The Labute approximate surface area is 76.9 Å². The van der Waals surface area contributed by atoms with E-state index < -0.39 is 5.97 Å². The van der Waals surface area contributed by atoms with E-state index in [1.807, 2.05) is 0 Å². The third kappa shape index (κ3) is 3.14. The van der Waals surface area contributed by atoms with Crippen LogP contribution in [0.2, 0.25) is 0 Å². The second-order valence-corrected chi connectivity index (χ2v) is 3.35. The molecule has 74 valence electrons. The molecular weight excluding hydrogens is 172 g/mol. The molecule has 1 rings (SSSR count). The van der Waals surface area contributed by atoms with Gasteiger partial charge in [0.15, 0.2) is 5.78 Å². The lowest BCUT2D eigenvalue weighted by atomic mass is 10.1. The lowest BCUT2D eigenvalue weighted by molar-refractivity contribution is -0.140. The maximum absolute atomic E-state index is 11.4. The first-order valence-corrected chi connectivity index (χ1v) is 4.42. The van der Waals surface area contributed by atoms with Crippen molar-refractivity contribution in [3.8, 4) is 0 Å². The van der Waals surface area contributed by atoms with Gasteiger partial charge in [-0.05, 0) is 18.8 Å². The lowest BCUT2D eigenvalue weighted by Crippen LogP contribution is -2.25. The monoisotopic (exact) mass is 186 g/mol. The van der Waals surface area contributed by atoms with Gasteiger partial charge in [0.1, 0.15) is 6.10 Å². The number of rotatable bonds is 6. The third-order valence-corrected chi connectivity index (χ3v) is 2.21. The summed E-state index contributed by atoms with van der Waals surface area (Å²) in [6.45, 7) is 0. The first kappa shape index (κ1) is 10.2. The van der Waals surface area contributed by atoms with Crippen LogP contribution in [0.15, 0.2) is 0 Å². The quantitative estimate of drug-likeness (QED) is 0.667. The zero-order valence-corrected chi connectivity index (χ0v) is 7.66. The largest absolute Gasteiger partial charge is 0.481 e. The van der Waals surface area contributed by atoms with E-state index in [0.29, 0.717) is 5.92 Å². The standard InChI is InChI=1S/C9H14O4/c1-13-9(6-2-3-6)7(10)4-5-8(11)12/h6,9H,2-5H2,1H3,(H,11,12). The van der Waals surface area contributed by atoms with Gasteiger partial charge in [-0.25, -0.2) is 0 Å². The molecule has 0 heterocycles. The van der Waals surface area contributed by atoms with Crippen LogP contribution in [-0.2, 0) is 14.3 Å². The van der Waals surface area contributed by atoms with Crippen molar-refractivity contribution in [1.82, 2.24) is 0 Å². The van der Waals surface area contributed by atoms with Gasteiger partial charge in [-0.3, -0.25) is 9.59 Å². The minimum atomic E-state index is -0.931. The highest BCUT2D eigenvalue weighted by atomic mass is 16.5. The summed E-state index contributed by atoms with van der Waals surface area (Å²) >= 11 is 0. The SMILES string of the molecule is COC(C(=O)CCC(=O)O)C1CC1. The molecule has 0 aromatic rings. The molecule has 0 amide bonds. The van der Waals surface area contributed by atoms with Crippen LogP contribution in [0, 0.1) is 5.92 Å².